The zero-order valence-electron chi connectivity index (χ0n) is 17.2. The molecule has 0 amide bonds. The normalized spacial score (nSPS) is 20.8. The quantitative estimate of drug-likeness (QED) is 0.360. The van der Waals surface area contributed by atoms with E-state index in [1.54, 1.807) is 16.9 Å². The molecule has 4 rings (SSSR count). The molecule has 0 saturated heterocycles. The number of ketones is 1. The highest BCUT2D eigenvalue weighted by atomic mass is 35.5. The molecule has 3 heterocycles. The average molecular weight is 513 g/mol. The molecule has 0 unspecified atom stereocenters. The third kappa shape index (κ3) is 5.93. The minimum absolute atomic E-state index is 0.223. The summed E-state index contributed by atoms with van der Waals surface area (Å²) in [4.78, 5) is 22.2. The Morgan fingerprint density at radius 3 is 2.94 bits per heavy atom. The van der Waals surface area contributed by atoms with Crippen molar-refractivity contribution < 1.29 is 22.5 Å². The Morgan fingerprint density at radius 1 is 1.39 bits per heavy atom. The Bertz CT molecular complexity index is 1250. The van der Waals surface area contributed by atoms with Gasteiger partial charge < -0.3 is 10.4 Å². The monoisotopic (exact) mass is 512 g/mol. The minimum atomic E-state index is -4.09. The number of aromatic nitrogens is 4. The number of hydrogen-bond donors (Lipinski definition) is 3. The van der Waals surface area contributed by atoms with E-state index in [4.69, 9.17) is 16.7 Å². The van der Waals surface area contributed by atoms with Crippen molar-refractivity contribution in [2.45, 2.75) is 31.5 Å². The van der Waals surface area contributed by atoms with Crippen LogP contribution in [-0.4, -0.2) is 57.8 Å². The summed E-state index contributed by atoms with van der Waals surface area (Å²) in [5, 5.41) is 25.1. The van der Waals surface area contributed by atoms with Crippen molar-refractivity contribution in [2.24, 2.45) is 11.1 Å². The van der Waals surface area contributed by atoms with Crippen LogP contribution in [0.2, 0.25) is 5.02 Å². The molecule has 1 saturated carbocycles. The molecule has 3 aromatic heterocycles. The van der Waals surface area contributed by atoms with Gasteiger partial charge in [-0.1, -0.05) is 11.6 Å². The SMILES string of the molecule is NS(=O)(=O)OC[C@H]1C[C@@H](Nc2ncncc2C(=O)c2ccn(Cc3sccc3Cl)n2)C[C@@H]1O. The number of aliphatic hydroxyl groups excluding tert-OH is 1. The molecule has 11 nitrogen and oxygen atoms in total. The number of anilines is 1. The average Bonchev–Trinajstić information content (AvgIpc) is 3.47. The van der Waals surface area contributed by atoms with Gasteiger partial charge in [0, 0.05) is 29.2 Å². The fourth-order valence-electron chi connectivity index (χ4n) is 3.68. The van der Waals surface area contributed by atoms with E-state index in [0.29, 0.717) is 30.2 Å². The Hall–Kier alpha value is -2.42. The first kappa shape index (κ1) is 23.7. The molecule has 4 N–H and O–H groups in total. The van der Waals surface area contributed by atoms with E-state index in [0.717, 1.165) is 4.88 Å². The first-order valence-electron chi connectivity index (χ1n) is 9.91. The summed E-state index contributed by atoms with van der Waals surface area (Å²) in [7, 11) is -4.09. The molecule has 3 aromatic rings. The van der Waals surface area contributed by atoms with Crippen molar-refractivity contribution in [3.05, 3.63) is 57.4 Å². The second kappa shape index (κ2) is 9.83. The molecule has 0 spiro atoms. The van der Waals surface area contributed by atoms with E-state index in [1.807, 2.05) is 11.4 Å². The van der Waals surface area contributed by atoms with E-state index in [2.05, 4.69) is 24.6 Å². The fraction of sp³-hybridized carbons (Fsp3) is 0.368. The minimum Gasteiger partial charge on any atom is -0.393 e. The largest absolute Gasteiger partial charge is 0.393 e. The van der Waals surface area contributed by atoms with Crippen molar-refractivity contribution >= 4 is 44.8 Å². The van der Waals surface area contributed by atoms with Gasteiger partial charge in [0.15, 0.2) is 0 Å². The molecule has 176 valence electrons. The Morgan fingerprint density at radius 2 is 2.21 bits per heavy atom. The number of thiophene rings is 1. The summed E-state index contributed by atoms with van der Waals surface area (Å²) in [6.45, 7) is 0.224. The maximum absolute atomic E-state index is 13.1. The lowest BCUT2D eigenvalue weighted by Crippen LogP contribution is -2.24. The fourth-order valence-corrected chi connectivity index (χ4v) is 5.13. The summed E-state index contributed by atoms with van der Waals surface area (Å²) in [6, 6.07) is 3.16. The van der Waals surface area contributed by atoms with Crippen LogP contribution in [-0.2, 0) is 21.0 Å². The zero-order valence-corrected chi connectivity index (χ0v) is 19.6. The first-order chi connectivity index (χ1) is 15.7. The standard InChI is InChI=1S/C19H21ClN6O5S2/c20-14-2-4-32-17(14)8-26-3-1-15(25-26)18(28)13-7-22-10-23-19(13)24-12-5-11(16(27)6-12)9-31-33(21,29)30/h1-4,7,10-12,16,27H,5-6,8-9H2,(H2,21,29,30)(H,22,23,24)/t11-,12-,16+/m1/s1. The van der Waals surface area contributed by atoms with Crippen molar-refractivity contribution in [2.75, 3.05) is 11.9 Å². The van der Waals surface area contributed by atoms with E-state index in [-0.39, 0.29) is 29.7 Å². The van der Waals surface area contributed by atoms with Gasteiger partial charge in [0.05, 0.1) is 29.8 Å². The Labute approximate surface area is 198 Å². The molecule has 3 atom stereocenters. The number of nitrogens with two attached hydrogens (primary N) is 1. The van der Waals surface area contributed by atoms with Crippen LogP contribution in [0.5, 0.6) is 0 Å². The van der Waals surface area contributed by atoms with Crippen molar-refractivity contribution in [3.63, 3.8) is 0 Å². The lowest BCUT2D eigenvalue weighted by Gasteiger charge is -2.15. The number of nitrogens with zero attached hydrogens (tertiary/aromatic N) is 4. The number of nitrogens with one attached hydrogen (secondary N) is 1. The van der Waals surface area contributed by atoms with Gasteiger partial charge in [-0.05, 0) is 30.4 Å². The topological polar surface area (TPSA) is 162 Å². The van der Waals surface area contributed by atoms with E-state index in [9.17, 15) is 18.3 Å². The second-order valence-electron chi connectivity index (χ2n) is 7.62. The number of hydrogen-bond acceptors (Lipinski definition) is 10. The number of carbonyl (C=O) groups is 1. The summed E-state index contributed by atoms with van der Waals surface area (Å²) >= 11 is 7.64. The highest BCUT2D eigenvalue weighted by Gasteiger charge is 2.34. The summed E-state index contributed by atoms with van der Waals surface area (Å²) in [6.07, 6.45) is 4.36. The molecule has 1 fully saturated rings. The summed E-state index contributed by atoms with van der Waals surface area (Å²) < 4.78 is 28.3. The van der Waals surface area contributed by atoms with Gasteiger partial charge in [-0.3, -0.25) is 13.7 Å². The van der Waals surface area contributed by atoms with E-state index < -0.39 is 22.3 Å². The lowest BCUT2D eigenvalue weighted by atomic mass is 10.1. The molecule has 33 heavy (non-hydrogen) atoms. The number of halogens is 1. The molecule has 0 radical (unpaired) electrons. The molecular formula is C19H21ClN6O5S2. The van der Waals surface area contributed by atoms with Gasteiger partial charge >= 0.3 is 10.3 Å². The van der Waals surface area contributed by atoms with Crippen LogP contribution in [0.1, 0.15) is 33.8 Å². The molecule has 0 aliphatic heterocycles. The maximum Gasteiger partial charge on any atom is 0.333 e. The molecule has 1 aliphatic rings. The summed E-state index contributed by atoms with van der Waals surface area (Å²) in [5.41, 5.74) is 0.460. The number of carbonyl (C=O) groups excluding carboxylic acids is 1. The Balaban J connectivity index is 1.45. The summed E-state index contributed by atoms with van der Waals surface area (Å²) in [5.74, 6) is -0.487. The van der Waals surface area contributed by atoms with Crippen LogP contribution in [0.25, 0.3) is 0 Å². The molecular weight excluding hydrogens is 492 g/mol. The van der Waals surface area contributed by atoms with Gasteiger partial charge in [-0.15, -0.1) is 11.3 Å². The maximum atomic E-state index is 13.1. The van der Waals surface area contributed by atoms with Crippen LogP contribution < -0.4 is 10.5 Å². The van der Waals surface area contributed by atoms with Crippen molar-refractivity contribution in [3.8, 4) is 0 Å². The lowest BCUT2D eigenvalue weighted by molar-refractivity contribution is 0.101. The van der Waals surface area contributed by atoms with Crippen LogP contribution in [0.3, 0.4) is 0 Å². The molecule has 1 aliphatic carbocycles. The predicted molar refractivity (Wildman–Crippen MR) is 121 cm³/mol. The van der Waals surface area contributed by atoms with Gasteiger partial charge in [-0.25, -0.2) is 15.1 Å². The molecule has 0 aromatic carbocycles. The van der Waals surface area contributed by atoms with Gasteiger partial charge in [-0.2, -0.15) is 13.5 Å². The predicted octanol–water partition coefficient (Wildman–Crippen LogP) is 1.44. The smallest absolute Gasteiger partial charge is 0.333 e. The highest BCUT2D eigenvalue weighted by Crippen LogP contribution is 2.30. The molecule has 0 bridgehead atoms. The van der Waals surface area contributed by atoms with Crippen LogP contribution in [0.4, 0.5) is 5.82 Å². The highest BCUT2D eigenvalue weighted by molar-refractivity contribution is 7.84. The van der Waals surface area contributed by atoms with Crippen molar-refractivity contribution in [1.29, 1.82) is 0 Å². The van der Waals surface area contributed by atoms with Gasteiger partial charge in [0.1, 0.15) is 17.8 Å². The third-order valence-electron chi connectivity index (χ3n) is 5.27. The van der Waals surface area contributed by atoms with E-state index >= 15 is 0 Å². The Kier molecular flexibility index (Phi) is 7.07. The van der Waals surface area contributed by atoms with Crippen LogP contribution >= 0.6 is 22.9 Å². The second-order valence-corrected chi connectivity index (χ2v) is 10.3. The van der Waals surface area contributed by atoms with Crippen LogP contribution in [0.15, 0.2) is 36.2 Å². The van der Waals surface area contributed by atoms with Crippen molar-refractivity contribution in [1.82, 2.24) is 19.7 Å². The van der Waals surface area contributed by atoms with Gasteiger partial charge in [0.25, 0.3) is 0 Å². The molecule has 14 heteroatoms. The first-order valence-corrected chi connectivity index (χ1v) is 12.6. The zero-order chi connectivity index (χ0) is 23.6. The number of rotatable bonds is 9. The van der Waals surface area contributed by atoms with Gasteiger partial charge in [0.2, 0.25) is 5.78 Å². The number of aliphatic hydroxyl groups is 1. The van der Waals surface area contributed by atoms with Crippen LogP contribution in [0, 0.1) is 5.92 Å². The third-order valence-corrected chi connectivity index (χ3v) is 7.11. The van der Waals surface area contributed by atoms with E-state index in [1.165, 1.54) is 23.9 Å².